The minimum atomic E-state index is -0.531. The second-order valence-corrected chi connectivity index (χ2v) is 8.74. The second kappa shape index (κ2) is 5.57. The zero-order chi connectivity index (χ0) is 15.9. The van der Waals surface area contributed by atoms with Gasteiger partial charge in [-0.3, -0.25) is 0 Å². The van der Waals surface area contributed by atoms with Gasteiger partial charge in [0, 0.05) is 0 Å². The van der Waals surface area contributed by atoms with E-state index in [-0.39, 0.29) is 5.41 Å². The molecule has 21 heavy (non-hydrogen) atoms. The highest BCUT2D eigenvalue weighted by atomic mass is 16.3. The minimum Gasteiger partial charge on any atom is -0.390 e. The maximum absolute atomic E-state index is 11.0. The van der Waals surface area contributed by atoms with Gasteiger partial charge in [-0.25, -0.2) is 0 Å². The van der Waals surface area contributed by atoms with Crippen molar-refractivity contribution in [2.45, 2.75) is 78.7 Å². The van der Waals surface area contributed by atoms with Crippen LogP contribution >= 0.6 is 0 Å². The lowest BCUT2D eigenvalue weighted by Crippen LogP contribution is -2.57. The topological polar surface area (TPSA) is 20.2 Å². The normalized spacial score (nSPS) is 43.2. The molecule has 0 aromatic carbocycles. The maximum atomic E-state index is 11.0. The lowest BCUT2D eigenvalue weighted by Gasteiger charge is -2.61. The fourth-order valence-corrected chi connectivity index (χ4v) is 5.53. The molecule has 1 N–H and O–H groups in total. The Kier molecular flexibility index (Phi) is 4.46. The van der Waals surface area contributed by atoms with E-state index in [1.807, 2.05) is 6.08 Å². The Labute approximate surface area is 131 Å². The van der Waals surface area contributed by atoms with E-state index in [2.05, 4.69) is 47.3 Å². The molecule has 1 nitrogen and oxygen atoms in total. The first-order valence-electron chi connectivity index (χ1n) is 8.65. The molecule has 0 aromatic rings. The molecule has 0 aliphatic heterocycles. The van der Waals surface area contributed by atoms with E-state index in [0.717, 1.165) is 18.8 Å². The Morgan fingerprint density at radius 2 is 1.86 bits per heavy atom. The molecule has 0 spiro atoms. The molecule has 2 aliphatic rings. The third-order valence-corrected chi connectivity index (χ3v) is 6.76. The van der Waals surface area contributed by atoms with Crippen molar-refractivity contribution in [1.29, 1.82) is 0 Å². The maximum Gasteiger partial charge on any atom is 0.0656 e. The first kappa shape index (κ1) is 16.8. The molecule has 0 radical (unpaired) electrons. The minimum absolute atomic E-state index is 0.265. The highest BCUT2D eigenvalue weighted by molar-refractivity contribution is 5.15. The van der Waals surface area contributed by atoms with Gasteiger partial charge < -0.3 is 5.11 Å². The molecule has 2 rings (SSSR count). The molecule has 1 heteroatoms. The van der Waals surface area contributed by atoms with Crippen LogP contribution in [0.25, 0.3) is 0 Å². The third kappa shape index (κ3) is 2.99. The first-order chi connectivity index (χ1) is 9.63. The summed E-state index contributed by atoms with van der Waals surface area (Å²) in [6.07, 6.45) is 11.2. The first-order valence-corrected chi connectivity index (χ1v) is 8.65. The predicted molar refractivity (Wildman–Crippen MR) is 91.1 cm³/mol. The van der Waals surface area contributed by atoms with Crippen molar-refractivity contribution >= 4 is 0 Å². The average molecular weight is 290 g/mol. The smallest absolute Gasteiger partial charge is 0.0656 e. The van der Waals surface area contributed by atoms with Crippen LogP contribution in [0, 0.1) is 22.7 Å². The Balaban J connectivity index is 2.35. The standard InChI is InChI=1S/C20H34O/c1-7-15(2)9-10-17-19(5)13-8-12-18(3,4)16(19)11-14-20(17,6)21/h7,9,16-17,21H,1,8,10-14H2,2-6H3/t16-,17?,19-,20+/m0/s1. The summed E-state index contributed by atoms with van der Waals surface area (Å²) in [4.78, 5) is 0. The van der Waals surface area contributed by atoms with Crippen LogP contribution in [-0.4, -0.2) is 10.7 Å². The van der Waals surface area contributed by atoms with Gasteiger partial charge in [-0.2, -0.15) is 0 Å². The van der Waals surface area contributed by atoms with Gasteiger partial charge in [0.05, 0.1) is 5.60 Å². The van der Waals surface area contributed by atoms with E-state index in [1.165, 1.54) is 31.3 Å². The number of hydrogen-bond donors (Lipinski definition) is 1. The largest absolute Gasteiger partial charge is 0.390 e. The lowest BCUT2D eigenvalue weighted by atomic mass is 9.45. The number of hydrogen-bond acceptors (Lipinski definition) is 1. The van der Waals surface area contributed by atoms with Crippen molar-refractivity contribution in [1.82, 2.24) is 0 Å². The van der Waals surface area contributed by atoms with E-state index in [0.29, 0.717) is 11.3 Å². The molecule has 4 atom stereocenters. The molecule has 2 aliphatic carbocycles. The Morgan fingerprint density at radius 3 is 2.48 bits per heavy atom. The summed E-state index contributed by atoms with van der Waals surface area (Å²) in [6.45, 7) is 15.4. The summed E-state index contributed by atoms with van der Waals surface area (Å²) in [5.41, 5.74) is 1.38. The molecule has 120 valence electrons. The molecular formula is C20H34O. The van der Waals surface area contributed by atoms with Crippen molar-refractivity contribution in [2.24, 2.45) is 22.7 Å². The monoisotopic (exact) mass is 290 g/mol. The number of fused-ring (bicyclic) bond motifs is 1. The van der Waals surface area contributed by atoms with Crippen LogP contribution < -0.4 is 0 Å². The molecular weight excluding hydrogens is 256 g/mol. The van der Waals surface area contributed by atoms with Crippen molar-refractivity contribution in [3.05, 3.63) is 24.3 Å². The Morgan fingerprint density at radius 1 is 1.19 bits per heavy atom. The fourth-order valence-electron chi connectivity index (χ4n) is 5.53. The van der Waals surface area contributed by atoms with Crippen molar-refractivity contribution in [3.63, 3.8) is 0 Å². The van der Waals surface area contributed by atoms with E-state index in [9.17, 15) is 5.11 Å². The van der Waals surface area contributed by atoms with Gasteiger partial charge in [-0.15, -0.1) is 0 Å². The zero-order valence-corrected chi connectivity index (χ0v) is 14.7. The summed E-state index contributed by atoms with van der Waals surface area (Å²) in [5.74, 6) is 1.10. The Hall–Kier alpha value is -0.560. The summed E-state index contributed by atoms with van der Waals surface area (Å²) >= 11 is 0. The van der Waals surface area contributed by atoms with Gasteiger partial charge in [0.15, 0.2) is 0 Å². The van der Waals surface area contributed by atoms with Gasteiger partial charge in [-0.1, -0.05) is 51.5 Å². The Bertz CT molecular complexity index is 429. The summed E-state index contributed by atoms with van der Waals surface area (Å²) in [5, 5.41) is 11.0. The number of rotatable bonds is 3. The average Bonchev–Trinajstić information content (AvgIpc) is 2.35. The molecule has 2 fully saturated rings. The summed E-state index contributed by atoms with van der Waals surface area (Å²) < 4.78 is 0. The zero-order valence-electron chi connectivity index (χ0n) is 14.7. The van der Waals surface area contributed by atoms with Gasteiger partial charge in [0.1, 0.15) is 0 Å². The van der Waals surface area contributed by atoms with Gasteiger partial charge in [0.25, 0.3) is 0 Å². The van der Waals surface area contributed by atoms with Crippen LogP contribution in [0.3, 0.4) is 0 Å². The van der Waals surface area contributed by atoms with E-state index >= 15 is 0 Å². The van der Waals surface area contributed by atoms with Crippen LogP contribution in [0.4, 0.5) is 0 Å². The predicted octanol–water partition coefficient (Wildman–Crippen LogP) is 5.50. The molecule has 0 heterocycles. The second-order valence-electron chi connectivity index (χ2n) is 8.74. The van der Waals surface area contributed by atoms with Crippen LogP contribution in [0.1, 0.15) is 73.1 Å². The highest BCUT2D eigenvalue weighted by Crippen LogP contribution is 2.62. The fraction of sp³-hybridized carbons (Fsp3) is 0.800. The quantitative estimate of drug-likeness (QED) is 0.680. The molecule has 0 saturated heterocycles. The van der Waals surface area contributed by atoms with Gasteiger partial charge in [-0.05, 0) is 68.6 Å². The van der Waals surface area contributed by atoms with E-state index in [4.69, 9.17) is 0 Å². The van der Waals surface area contributed by atoms with Crippen LogP contribution in [0.5, 0.6) is 0 Å². The molecule has 0 bridgehead atoms. The van der Waals surface area contributed by atoms with Crippen LogP contribution in [-0.2, 0) is 0 Å². The summed E-state index contributed by atoms with van der Waals surface area (Å²) in [6, 6.07) is 0. The van der Waals surface area contributed by atoms with E-state index < -0.39 is 5.60 Å². The molecule has 2 saturated carbocycles. The van der Waals surface area contributed by atoms with Crippen molar-refractivity contribution in [2.75, 3.05) is 0 Å². The van der Waals surface area contributed by atoms with Crippen LogP contribution in [0.2, 0.25) is 0 Å². The number of aliphatic hydroxyl groups is 1. The van der Waals surface area contributed by atoms with Gasteiger partial charge >= 0.3 is 0 Å². The van der Waals surface area contributed by atoms with Crippen molar-refractivity contribution in [3.8, 4) is 0 Å². The van der Waals surface area contributed by atoms with Crippen molar-refractivity contribution < 1.29 is 5.11 Å². The molecule has 0 aromatic heterocycles. The lowest BCUT2D eigenvalue weighted by molar-refractivity contribution is -0.165. The van der Waals surface area contributed by atoms with E-state index in [1.54, 1.807) is 0 Å². The molecule has 0 amide bonds. The number of allylic oxidation sites excluding steroid dienone is 3. The SMILES string of the molecule is C=CC(C)=CCC1[C@](C)(O)CC[C@H]2C(C)(C)CCC[C@]12C. The van der Waals surface area contributed by atoms with Gasteiger partial charge in [0.2, 0.25) is 0 Å². The highest BCUT2D eigenvalue weighted by Gasteiger charge is 2.57. The third-order valence-electron chi connectivity index (χ3n) is 6.76. The summed E-state index contributed by atoms with van der Waals surface area (Å²) in [7, 11) is 0. The van der Waals surface area contributed by atoms with Crippen LogP contribution in [0.15, 0.2) is 24.3 Å². The molecule has 1 unspecified atom stereocenters.